The van der Waals surface area contributed by atoms with Gasteiger partial charge in [-0.25, -0.2) is 0 Å². The van der Waals surface area contributed by atoms with Gasteiger partial charge in [-0.15, -0.1) is 0 Å². The largest absolute Gasteiger partial charge is 0.333 e. The number of hydrogen-bond donors (Lipinski definition) is 0. The zero-order valence-electron chi connectivity index (χ0n) is 44.1. The van der Waals surface area contributed by atoms with Gasteiger partial charge in [-0.3, -0.25) is 0 Å². The predicted molar refractivity (Wildman–Crippen MR) is 319 cm³/mol. The topological polar surface area (TPSA) is 3.24 Å². The monoisotopic (exact) mass is 968 g/mol. The third-order valence-electron chi connectivity index (χ3n) is 17.7. The molecule has 4 aliphatic carbocycles. The van der Waals surface area contributed by atoms with E-state index in [0.29, 0.717) is 0 Å². The van der Waals surface area contributed by atoms with Gasteiger partial charge in [-0.05, 0) is 142 Å². The maximum Gasteiger partial charge on any atom is 0.0710 e. The summed E-state index contributed by atoms with van der Waals surface area (Å²) < 4.78 is 0. The zero-order valence-corrected chi connectivity index (χ0v) is 44.1. The summed E-state index contributed by atoms with van der Waals surface area (Å²) in [6.45, 7) is 14.8. The van der Waals surface area contributed by atoms with E-state index in [9.17, 15) is 0 Å². The smallest absolute Gasteiger partial charge is 0.0710 e. The maximum absolute atomic E-state index is 2.69. The summed E-state index contributed by atoms with van der Waals surface area (Å²) in [4.78, 5) is 2.69. The van der Waals surface area contributed by atoms with Crippen molar-refractivity contribution in [1.82, 2.24) is 0 Å². The average Bonchev–Trinajstić information content (AvgIpc) is 3.57. The molecule has 14 rings (SSSR count). The minimum atomic E-state index is -0.546. The average molecular weight is 968 g/mol. The van der Waals surface area contributed by atoms with E-state index >= 15 is 0 Å². The lowest BCUT2D eigenvalue weighted by atomic mass is 9.58. The Morgan fingerprint density at radius 2 is 1.21 bits per heavy atom. The molecule has 0 spiro atoms. The summed E-state index contributed by atoms with van der Waals surface area (Å²) in [6.07, 6.45) is 25.4. The van der Waals surface area contributed by atoms with E-state index in [0.717, 1.165) is 6.42 Å². The molecule has 0 radical (unpaired) electrons. The molecule has 1 heteroatoms. The standard InChI is InChI=1S/C74H65N/c1-49-65-47-57(72(2,3)4)48-67(49)73(5,6)55-29-13-14-30-56(46-55)74(54-27-11-8-12-28-54)66-36-18-15-31-60(66)61-44-41-53(45-68(61)74)50-39-42-58(43-40-50)75(70-38-20-17-33-63(65)70)69-37-19-16-32-62(69)64-35-22-26-52-25-21-34-59(71(52)64)51-23-9-7-10-24-51/h7-36,38-49,55,67,69H,37H2,1-6H3. The third kappa shape index (κ3) is 7.57. The summed E-state index contributed by atoms with van der Waals surface area (Å²) in [5.74, 6) is 0.523. The quantitative estimate of drug-likeness (QED) is 0.170. The Kier molecular flexibility index (Phi) is 11.3. The molecule has 8 aromatic rings. The van der Waals surface area contributed by atoms with Crippen LogP contribution in [-0.2, 0) is 5.41 Å². The highest BCUT2D eigenvalue weighted by Gasteiger charge is 2.49. The molecule has 2 aliphatic heterocycles. The van der Waals surface area contributed by atoms with Crippen molar-refractivity contribution in [3.63, 3.8) is 0 Å². The van der Waals surface area contributed by atoms with Gasteiger partial charge in [0.05, 0.1) is 11.5 Å². The molecule has 8 aromatic carbocycles. The summed E-state index contributed by atoms with van der Waals surface area (Å²) in [5.41, 5.74) is 21.1. The molecule has 0 N–H and O–H groups in total. The Morgan fingerprint density at radius 1 is 0.547 bits per heavy atom. The Hall–Kier alpha value is -8.00. The number of allylic oxidation sites excluding steroid dienone is 12. The number of hydrogen-bond acceptors (Lipinski definition) is 1. The second kappa shape index (κ2) is 18.1. The first-order chi connectivity index (χ1) is 36.5. The second-order valence-electron chi connectivity index (χ2n) is 23.2. The van der Waals surface area contributed by atoms with E-state index in [4.69, 9.17) is 0 Å². The van der Waals surface area contributed by atoms with E-state index in [1.54, 1.807) is 0 Å². The van der Waals surface area contributed by atoms with Gasteiger partial charge in [0, 0.05) is 22.9 Å². The van der Waals surface area contributed by atoms with Crippen LogP contribution in [-0.4, -0.2) is 6.04 Å². The van der Waals surface area contributed by atoms with Gasteiger partial charge in [-0.2, -0.15) is 0 Å². The minimum Gasteiger partial charge on any atom is -0.333 e. The van der Waals surface area contributed by atoms with Crippen molar-refractivity contribution in [1.29, 1.82) is 0 Å². The van der Waals surface area contributed by atoms with Crippen LogP contribution in [0.15, 0.2) is 260 Å². The van der Waals surface area contributed by atoms with Crippen molar-refractivity contribution in [2.24, 2.45) is 28.6 Å². The summed E-state index contributed by atoms with van der Waals surface area (Å²) in [6, 6.07) is 71.3. The van der Waals surface area contributed by atoms with Crippen LogP contribution in [0, 0.1) is 28.6 Å². The molecule has 2 heterocycles. The van der Waals surface area contributed by atoms with Crippen LogP contribution in [0.1, 0.15) is 75.8 Å². The fourth-order valence-electron chi connectivity index (χ4n) is 13.8. The van der Waals surface area contributed by atoms with Gasteiger partial charge >= 0.3 is 0 Å². The van der Waals surface area contributed by atoms with E-state index in [1.807, 2.05) is 0 Å². The fraction of sp³-hybridized carbons (Fsp3) is 0.189. The minimum absolute atomic E-state index is 0.0106. The van der Waals surface area contributed by atoms with E-state index in [2.05, 4.69) is 295 Å². The number of fused-ring (bicyclic) bond motifs is 5. The molecule has 6 aliphatic rings. The van der Waals surface area contributed by atoms with Crippen molar-refractivity contribution < 1.29 is 0 Å². The second-order valence-corrected chi connectivity index (χ2v) is 23.2. The summed E-state index contributed by atoms with van der Waals surface area (Å²) in [5, 5.41) is 2.54. The Labute approximate surface area is 445 Å². The molecule has 1 nitrogen and oxygen atoms in total. The van der Waals surface area contributed by atoms with Crippen LogP contribution in [0.2, 0.25) is 0 Å². The van der Waals surface area contributed by atoms with Crippen LogP contribution in [0.5, 0.6) is 0 Å². The molecule has 0 fully saturated rings. The van der Waals surface area contributed by atoms with Crippen molar-refractivity contribution in [3.05, 3.63) is 288 Å². The third-order valence-corrected chi connectivity index (χ3v) is 17.7. The van der Waals surface area contributed by atoms with Gasteiger partial charge in [0.25, 0.3) is 0 Å². The lowest BCUT2D eigenvalue weighted by Gasteiger charge is -2.46. The Bertz CT molecular complexity index is 3760. The maximum atomic E-state index is 2.69. The molecule has 0 aromatic heterocycles. The van der Waals surface area contributed by atoms with Crippen LogP contribution < -0.4 is 4.90 Å². The molecule has 0 amide bonds. The molecule has 75 heavy (non-hydrogen) atoms. The SMILES string of the molecule is CC1C2=CC(C(C)(C)C)=CC1C(C)(C)C1C=CC=CC(=C1)C1(c3ccccc3)c3ccccc3-c3ccc(cc31)-c1ccc(cc1)N(C1CC=CC=C1c1cccc3cccc(-c4ccccc4)c13)c1ccccc12. The lowest BCUT2D eigenvalue weighted by molar-refractivity contribution is 0.177. The molecule has 366 valence electrons. The lowest BCUT2D eigenvalue weighted by Crippen LogP contribution is -2.38. The molecular weight excluding hydrogens is 903 g/mol. The van der Waals surface area contributed by atoms with E-state index < -0.39 is 5.41 Å². The Balaban J connectivity index is 1.08. The highest BCUT2D eigenvalue weighted by atomic mass is 15.2. The molecule has 5 unspecified atom stereocenters. The highest BCUT2D eigenvalue weighted by molar-refractivity contribution is 6.05. The number of para-hydroxylation sites is 1. The number of anilines is 2. The highest BCUT2D eigenvalue weighted by Crippen LogP contribution is 2.60. The van der Waals surface area contributed by atoms with Gasteiger partial charge in [0.1, 0.15) is 0 Å². The first-order valence-electron chi connectivity index (χ1n) is 27.3. The zero-order chi connectivity index (χ0) is 51.1. The van der Waals surface area contributed by atoms with Crippen molar-refractivity contribution in [2.75, 3.05) is 4.90 Å². The van der Waals surface area contributed by atoms with Crippen LogP contribution in [0.25, 0.3) is 55.3 Å². The number of rotatable bonds is 4. The van der Waals surface area contributed by atoms with Gasteiger partial charge in [0.2, 0.25) is 0 Å². The van der Waals surface area contributed by atoms with Crippen LogP contribution in [0.3, 0.4) is 0 Å². The van der Waals surface area contributed by atoms with Crippen LogP contribution >= 0.6 is 0 Å². The van der Waals surface area contributed by atoms with Crippen molar-refractivity contribution in [2.45, 2.75) is 59.4 Å². The molecule has 0 saturated carbocycles. The molecule has 8 bridgehead atoms. The summed E-state index contributed by atoms with van der Waals surface area (Å²) in [7, 11) is 0. The predicted octanol–water partition coefficient (Wildman–Crippen LogP) is 19.4. The normalized spacial score (nSPS) is 22.2. The molecule has 5 atom stereocenters. The molecular formula is C74H65N. The number of benzene rings is 8. The summed E-state index contributed by atoms with van der Waals surface area (Å²) >= 11 is 0. The first kappa shape index (κ1) is 46.8. The fourth-order valence-corrected chi connectivity index (χ4v) is 13.8. The number of nitrogens with zero attached hydrogens (tertiary/aromatic N) is 1. The van der Waals surface area contributed by atoms with Gasteiger partial charge in [0.15, 0.2) is 0 Å². The van der Waals surface area contributed by atoms with E-state index in [-0.39, 0.29) is 34.6 Å². The first-order valence-corrected chi connectivity index (χ1v) is 27.3. The van der Waals surface area contributed by atoms with Gasteiger partial charge in [-0.1, -0.05) is 266 Å². The van der Waals surface area contributed by atoms with Crippen molar-refractivity contribution >= 4 is 33.3 Å². The Morgan fingerprint density at radius 3 is 1.99 bits per heavy atom. The van der Waals surface area contributed by atoms with Crippen molar-refractivity contribution in [3.8, 4) is 33.4 Å². The van der Waals surface area contributed by atoms with E-state index in [1.165, 1.54) is 106 Å². The van der Waals surface area contributed by atoms with Gasteiger partial charge < -0.3 is 4.90 Å². The van der Waals surface area contributed by atoms with Crippen LogP contribution in [0.4, 0.5) is 11.4 Å². The molecule has 0 saturated heterocycles.